The van der Waals surface area contributed by atoms with Gasteiger partial charge in [0.05, 0.1) is 28.9 Å². The summed E-state index contributed by atoms with van der Waals surface area (Å²) in [6.45, 7) is 2.86. The van der Waals surface area contributed by atoms with E-state index in [9.17, 15) is 13.6 Å². The maximum Gasteiger partial charge on any atom is 0.338 e. The summed E-state index contributed by atoms with van der Waals surface area (Å²) in [4.78, 5) is 19.5. The highest BCUT2D eigenvalue weighted by molar-refractivity contribution is 6.35. The van der Waals surface area contributed by atoms with Crippen LogP contribution in [-0.4, -0.2) is 39.3 Å². The van der Waals surface area contributed by atoms with Gasteiger partial charge in [0.15, 0.2) is 11.6 Å². The molecule has 0 aliphatic heterocycles. The van der Waals surface area contributed by atoms with E-state index in [2.05, 4.69) is 15.3 Å². The van der Waals surface area contributed by atoms with Crippen LogP contribution in [0.25, 0.3) is 22.2 Å². The van der Waals surface area contributed by atoms with Crippen LogP contribution in [0.1, 0.15) is 16.1 Å². The molecule has 0 amide bonds. The van der Waals surface area contributed by atoms with Gasteiger partial charge in [-0.3, -0.25) is 0 Å². The molecule has 0 aliphatic carbocycles. The lowest BCUT2D eigenvalue weighted by Crippen LogP contribution is -2.12. The van der Waals surface area contributed by atoms with Gasteiger partial charge in [0.2, 0.25) is 0 Å². The van der Waals surface area contributed by atoms with E-state index in [0.717, 1.165) is 11.8 Å². The van der Waals surface area contributed by atoms with E-state index in [-0.39, 0.29) is 10.8 Å². The number of rotatable bonds is 7. The highest BCUT2D eigenvalue weighted by atomic mass is 35.5. The fourth-order valence-corrected chi connectivity index (χ4v) is 4.03. The summed E-state index contributed by atoms with van der Waals surface area (Å²) in [7, 11) is 1.41. The molecule has 0 saturated carbocycles. The van der Waals surface area contributed by atoms with E-state index < -0.39 is 23.2 Å². The highest BCUT2D eigenvalue weighted by Crippen LogP contribution is 2.36. The third kappa shape index (κ3) is 4.31. The molecule has 33 heavy (non-hydrogen) atoms. The normalized spacial score (nSPS) is 11.1. The number of carbonyl (C=O) groups is 1. The fraction of sp³-hybridized carbons (Fsp3) is 0.174. The Hall–Kier alpha value is -3.72. The zero-order chi connectivity index (χ0) is 23.7. The van der Waals surface area contributed by atoms with Crippen LogP contribution in [0.15, 0.2) is 42.7 Å². The van der Waals surface area contributed by atoms with E-state index >= 15 is 0 Å². The molecule has 0 bridgehead atoms. The maximum absolute atomic E-state index is 14.2. The van der Waals surface area contributed by atoms with Crippen molar-refractivity contribution in [2.24, 2.45) is 0 Å². The van der Waals surface area contributed by atoms with E-state index in [1.807, 2.05) is 17.6 Å². The predicted molar refractivity (Wildman–Crippen MR) is 121 cm³/mol. The second-order valence-electron chi connectivity index (χ2n) is 7.29. The minimum Gasteiger partial charge on any atom is -0.493 e. The number of benzene rings is 2. The third-order valence-electron chi connectivity index (χ3n) is 5.25. The molecule has 0 atom stereocenters. The number of carboxylic acids is 1. The number of hydrogen-bond acceptors (Lipinski definition) is 5. The Balaban J connectivity index is 1.55. The van der Waals surface area contributed by atoms with Crippen molar-refractivity contribution in [1.29, 1.82) is 0 Å². The number of carboxylic acid groups (broad SMARTS) is 1. The van der Waals surface area contributed by atoms with Crippen molar-refractivity contribution in [1.82, 2.24) is 14.5 Å². The third-order valence-corrected chi connectivity index (χ3v) is 5.54. The molecule has 10 heteroatoms. The minimum atomic E-state index is -1.36. The molecule has 0 aliphatic rings. The van der Waals surface area contributed by atoms with E-state index in [4.69, 9.17) is 21.4 Å². The minimum absolute atomic E-state index is 0.143. The largest absolute Gasteiger partial charge is 0.493 e. The molecule has 0 saturated heterocycles. The van der Waals surface area contributed by atoms with Crippen molar-refractivity contribution < 1.29 is 23.4 Å². The molecule has 2 heterocycles. The lowest BCUT2D eigenvalue weighted by atomic mass is 10.1. The zero-order valence-electron chi connectivity index (χ0n) is 17.7. The first kappa shape index (κ1) is 22.5. The maximum atomic E-state index is 14.2. The van der Waals surface area contributed by atoms with E-state index in [1.165, 1.54) is 31.6 Å². The molecule has 0 radical (unpaired) electrons. The number of aryl methyl sites for hydroxylation is 1. The summed E-state index contributed by atoms with van der Waals surface area (Å²) >= 11 is 6.31. The van der Waals surface area contributed by atoms with Crippen molar-refractivity contribution >= 4 is 34.3 Å². The molecule has 2 aromatic heterocycles. The number of methoxy groups -OCH3 is 1. The van der Waals surface area contributed by atoms with Crippen LogP contribution in [0, 0.1) is 18.6 Å². The molecule has 170 valence electrons. The average Bonchev–Trinajstić information content (AvgIpc) is 3.10. The van der Waals surface area contributed by atoms with Crippen LogP contribution >= 0.6 is 11.6 Å². The predicted octanol–water partition coefficient (Wildman–Crippen LogP) is 5.16. The standard InChI is InChI=1S/C23H19ClF2N4O3/c1-12-7-15-21(16(24)9-18(26)22(15)33-2)30(12)6-5-27-20-10-19(28-11-29-20)13-3-4-17(25)14(8-13)23(31)32/h3-4,7-11H,5-6H2,1-2H3,(H,31,32)(H,27,28,29). The van der Waals surface area contributed by atoms with Gasteiger partial charge in [-0.2, -0.15) is 0 Å². The second-order valence-corrected chi connectivity index (χ2v) is 7.70. The number of nitrogens with one attached hydrogen (secondary N) is 1. The van der Waals surface area contributed by atoms with Crippen molar-refractivity contribution in [3.8, 4) is 17.0 Å². The molecule has 4 rings (SSSR count). The van der Waals surface area contributed by atoms with Gasteiger partial charge in [0, 0.05) is 35.8 Å². The summed E-state index contributed by atoms with van der Waals surface area (Å²) < 4.78 is 35.0. The first-order valence-corrected chi connectivity index (χ1v) is 10.3. The van der Waals surface area contributed by atoms with Crippen LogP contribution in [0.5, 0.6) is 5.75 Å². The van der Waals surface area contributed by atoms with Crippen LogP contribution < -0.4 is 10.1 Å². The smallest absolute Gasteiger partial charge is 0.338 e. The van der Waals surface area contributed by atoms with Crippen molar-refractivity contribution in [2.45, 2.75) is 13.5 Å². The topological polar surface area (TPSA) is 89.3 Å². The van der Waals surface area contributed by atoms with Gasteiger partial charge in [-0.05, 0) is 37.3 Å². The van der Waals surface area contributed by atoms with Crippen LogP contribution in [-0.2, 0) is 6.54 Å². The number of aromatic carboxylic acids is 1. The highest BCUT2D eigenvalue weighted by Gasteiger charge is 2.18. The van der Waals surface area contributed by atoms with Crippen molar-refractivity contribution in [3.05, 3.63) is 70.6 Å². The average molecular weight is 473 g/mol. The molecule has 7 nitrogen and oxygen atoms in total. The van der Waals surface area contributed by atoms with Gasteiger partial charge in [-0.25, -0.2) is 23.5 Å². The van der Waals surface area contributed by atoms with Crippen LogP contribution in [0.4, 0.5) is 14.6 Å². The Morgan fingerprint density at radius 1 is 1.18 bits per heavy atom. The Labute approximate surface area is 192 Å². The Bertz CT molecular complexity index is 1370. The van der Waals surface area contributed by atoms with Gasteiger partial charge < -0.3 is 19.7 Å². The van der Waals surface area contributed by atoms with Gasteiger partial charge >= 0.3 is 5.97 Å². The number of ether oxygens (including phenoxy) is 1. The summed E-state index contributed by atoms with van der Waals surface area (Å²) in [6, 6.07) is 8.47. The number of aromatic nitrogens is 3. The summed E-state index contributed by atoms with van der Waals surface area (Å²) in [5, 5.41) is 13.2. The van der Waals surface area contributed by atoms with E-state index in [1.54, 1.807) is 6.07 Å². The number of nitrogens with zero attached hydrogens (tertiary/aromatic N) is 3. The lowest BCUT2D eigenvalue weighted by Gasteiger charge is -2.12. The van der Waals surface area contributed by atoms with Crippen molar-refractivity contribution in [3.63, 3.8) is 0 Å². The SMILES string of the molecule is COc1c(F)cc(Cl)c2c1cc(C)n2CCNc1cc(-c2ccc(F)c(C(=O)O)c2)ncn1. The van der Waals surface area contributed by atoms with Gasteiger partial charge in [0.25, 0.3) is 0 Å². The Morgan fingerprint density at radius 3 is 2.70 bits per heavy atom. The quantitative estimate of drug-likeness (QED) is 0.386. The number of hydrogen-bond donors (Lipinski definition) is 2. The zero-order valence-corrected chi connectivity index (χ0v) is 18.5. The first-order chi connectivity index (χ1) is 15.8. The number of halogens is 3. The number of anilines is 1. The molecule has 0 fully saturated rings. The molecule has 4 aromatic rings. The molecule has 0 unspecified atom stereocenters. The summed E-state index contributed by atoms with van der Waals surface area (Å²) in [6.07, 6.45) is 1.34. The molecule has 0 spiro atoms. The van der Waals surface area contributed by atoms with Crippen LogP contribution in [0.2, 0.25) is 5.02 Å². The second kappa shape index (κ2) is 9.03. The Kier molecular flexibility index (Phi) is 6.15. The van der Waals surface area contributed by atoms with Crippen LogP contribution in [0.3, 0.4) is 0 Å². The van der Waals surface area contributed by atoms with E-state index in [0.29, 0.717) is 41.1 Å². The number of fused-ring (bicyclic) bond motifs is 1. The molecular weight excluding hydrogens is 454 g/mol. The monoisotopic (exact) mass is 472 g/mol. The fourth-order valence-electron chi connectivity index (χ4n) is 3.73. The molecule has 2 aromatic carbocycles. The lowest BCUT2D eigenvalue weighted by molar-refractivity contribution is 0.0692. The molecular formula is C23H19ClF2N4O3. The molecule has 2 N–H and O–H groups in total. The van der Waals surface area contributed by atoms with Gasteiger partial charge in [-0.1, -0.05) is 11.6 Å². The summed E-state index contributed by atoms with van der Waals surface area (Å²) in [5.74, 6) is -2.05. The van der Waals surface area contributed by atoms with Crippen molar-refractivity contribution in [2.75, 3.05) is 19.0 Å². The van der Waals surface area contributed by atoms with Gasteiger partial charge in [-0.15, -0.1) is 0 Å². The first-order valence-electron chi connectivity index (χ1n) is 9.91. The Morgan fingerprint density at radius 2 is 1.97 bits per heavy atom. The van der Waals surface area contributed by atoms with Gasteiger partial charge in [0.1, 0.15) is 18.0 Å². The summed E-state index contributed by atoms with van der Waals surface area (Å²) in [5.41, 5.74) is 2.02.